The highest BCUT2D eigenvalue weighted by Crippen LogP contribution is 2.22. The molecule has 0 saturated carbocycles. The van der Waals surface area contributed by atoms with Gasteiger partial charge >= 0.3 is 0 Å². The molecule has 2 saturated heterocycles. The quantitative estimate of drug-likeness (QED) is 0.573. The summed E-state index contributed by atoms with van der Waals surface area (Å²) >= 11 is 0. The smallest absolute Gasteiger partial charge is 0.0986 e. The number of morpholine rings is 1. The van der Waals surface area contributed by atoms with Crippen LogP contribution in [0.4, 0.5) is 0 Å². The van der Waals surface area contributed by atoms with Gasteiger partial charge in [-0.05, 0) is 13.8 Å². The van der Waals surface area contributed by atoms with Gasteiger partial charge in [0.2, 0.25) is 0 Å². The van der Waals surface area contributed by atoms with Crippen LogP contribution in [0, 0.1) is 0 Å². The molecule has 2 aliphatic heterocycles. The van der Waals surface area contributed by atoms with Crippen LogP contribution in [0.3, 0.4) is 0 Å². The summed E-state index contributed by atoms with van der Waals surface area (Å²) in [6, 6.07) is 1.13. The second-order valence-electron chi connectivity index (χ2n) is 3.85. The lowest BCUT2D eigenvalue weighted by Gasteiger charge is -2.38. The Labute approximate surface area is 73.6 Å². The van der Waals surface area contributed by atoms with Gasteiger partial charge in [-0.15, -0.1) is 0 Å². The zero-order valence-corrected chi connectivity index (χ0v) is 7.82. The second kappa shape index (κ2) is 3.32. The number of fused-ring (bicyclic) bond motifs is 1. The maximum absolute atomic E-state index is 5.62. The van der Waals surface area contributed by atoms with E-state index in [4.69, 9.17) is 9.47 Å². The van der Waals surface area contributed by atoms with Gasteiger partial charge in [0.05, 0.1) is 32.0 Å². The fourth-order valence-corrected chi connectivity index (χ4v) is 2.11. The number of nitrogens with zero attached hydrogens (tertiary/aromatic N) is 1. The maximum atomic E-state index is 5.62. The van der Waals surface area contributed by atoms with Gasteiger partial charge in [0, 0.05) is 12.6 Å². The summed E-state index contributed by atoms with van der Waals surface area (Å²) in [6.07, 6.45) is 0.334. The van der Waals surface area contributed by atoms with Crippen LogP contribution in [0.15, 0.2) is 0 Å². The van der Waals surface area contributed by atoms with Crippen molar-refractivity contribution in [2.24, 2.45) is 0 Å². The lowest BCUT2D eigenvalue weighted by molar-refractivity contribution is -0.0588. The van der Waals surface area contributed by atoms with Gasteiger partial charge in [0.15, 0.2) is 0 Å². The van der Waals surface area contributed by atoms with Crippen LogP contribution in [0.25, 0.3) is 0 Å². The third-order valence-corrected chi connectivity index (χ3v) is 2.77. The van der Waals surface area contributed by atoms with Gasteiger partial charge in [0.1, 0.15) is 0 Å². The van der Waals surface area contributed by atoms with Crippen molar-refractivity contribution in [2.75, 3.05) is 26.4 Å². The van der Waals surface area contributed by atoms with Crippen LogP contribution in [-0.2, 0) is 9.47 Å². The van der Waals surface area contributed by atoms with Gasteiger partial charge in [-0.25, -0.2) is 0 Å². The topological polar surface area (TPSA) is 21.7 Å². The molecule has 0 aliphatic carbocycles. The van der Waals surface area contributed by atoms with E-state index >= 15 is 0 Å². The fourth-order valence-electron chi connectivity index (χ4n) is 2.11. The molecule has 3 heteroatoms. The minimum Gasteiger partial charge on any atom is -0.377 e. The molecule has 0 spiro atoms. The summed E-state index contributed by atoms with van der Waals surface area (Å²) in [6.45, 7) is 8.03. The molecular formula is C9H17NO2. The third kappa shape index (κ3) is 1.37. The second-order valence-corrected chi connectivity index (χ2v) is 3.85. The fraction of sp³-hybridized carbons (Fsp3) is 1.00. The molecule has 2 rings (SSSR count). The van der Waals surface area contributed by atoms with Crippen LogP contribution in [0.5, 0.6) is 0 Å². The van der Waals surface area contributed by atoms with Gasteiger partial charge in [-0.3, -0.25) is 4.90 Å². The maximum Gasteiger partial charge on any atom is 0.0986 e. The lowest BCUT2D eigenvalue weighted by atomic mass is 10.1. The van der Waals surface area contributed by atoms with Crippen LogP contribution in [0.2, 0.25) is 0 Å². The Bertz CT molecular complexity index is 161. The van der Waals surface area contributed by atoms with E-state index in [9.17, 15) is 0 Å². The zero-order chi connectivity index (χ0) is 8.55. The molecule has 12 heavy (non-hydrogen) atoms. The molecule has 0 aromatic heterocycles. The zero-order valence-electron chi connectivity index (χ0n) is 7.82. The van der Waals surface area contributed by atoms with E-state index in [2.05, 4.69) is 18.7 Å². The van der Waals surface area contributed by atoms with Crippen LogP contribution in [0.1, 0.15) is 13.8 Å². The van der Waals surface area contributed by atoms with E-state index in [1.165, 1.54) is 0 Å². The van der Waals surface area contributed by atoms with Crippen molar-refractivity contribution in [2.45, 2.75) is 32.0 Å². The van der Waals surface area contributed by atoms with Gasteiger partial charge in [-0.2, -0.15) is 0 Å². The molecule has 0 bridgehead atoms. The summed E-state index contributed by atoms with van der Waals surface area (Å²) in [4.78, 5) is 2.49. The van der Waals surface area contributed by atoms with Gasteiger partial charge < -0.3 is 9.47 Å². The van der Waals surface area contributed by atoms with Crippen molar-refractivity contribution < 1.29 is 9.47 Å². The Balaban J connectivity index is 2.03. The molecule has 0 aromatic carbocycles. The Kier molecular flexibility index (Phi) is 2.35. The Morgan fingerprint density at radius 3 is 2.92 bits per heavy atom. The molecule has 2 atom stereocenters. The highest BCUT2D eigenvalue weighted by atomic mass is 16.6. The molecule has 1 unspecified atom stereocenters. The molecule has 3 nitrogen and oxygen atoms in total. The SMILES string of the molecule is CC(C)N1CCO[C@@H]2COCC21. The minimum absolute atomic E-state index is 0.334. The third-order valence-electron chi connectivity index (χ3n) is 2.77. The van der Waals surface area contributed by atoms with Crippen LogP contribution in [-0.4, -0.2) is 49.5 Å². The molecule has 0 amide bonds. The predicted octanol–water partition coefficient (Wildman–Crippen LogP) is 0.494. The van der Waals surface area contributed by atoms with E-state index < -0.39 is 0 Å². The highest BCUT2D eigenvalue weighted by Gasteiger charge is 2.37. The lowest BCUT2D eigenvalue weighted by Crippen LogP contribution is -2.53. The van der Waals surface area contributed by atoms with Crippen molar-refractivity contribution in [1.29, 1.82) is 0 Å². The Hall–Kier alpha value is -0.120. The first kappa shape index (κ1) is 8.48. The molecule has 2 aliphatic rings. The van der Waals surface area contributed by atoms with Crippen molar-refractivity contribution >= 4 is 0 Å². The molecule has 0 aromatic rings. The monoisotopic (exact) mass is 171 g/mol. The summed E-state index contributed by atoms with van der Waals surface area (Å²) in [5.41, 5.74) is 0. The largest absolute Gasteiger partial charge is 0.377 e. The van der Waals surface area contributed by atoms with E-state index in [1.54, 1.807) is 0 Å². The highest BCUT2D eigenvalue weighted by molar-refractivity contribution is 4.89. The average Bonchev–Trinajstić information content (AvgIpc) is 2.49. The molecule has 0 radical (unpaired) electrons. The first-order valence-corrected chi connectivity index (χ1v) is 4.74. The number of ether oxygens (including phenoxy) is 2. The molecule has 70 valence electrons. The van der Waals surface area contributed by atoms with Crippen molar-refractivity contribution in [3.63, 3.8) is 0 Å². The minimum atomic E-state index is 0.334. The summed E-state index contributed by atoms with van der Waals surface area (Å²) in [5.74, 6) is 0. The standard InChI is InChI=1S/C9H17NO2/c1-7(2)10-3-4-12-9-6-11-5-8(9)10/h7-9H,3-6H2,1-2H3/t8?,9-/m1/s1. The van der Waals surface area contributed by atoms with Gasteiger partial charge in [0.25, 0.3) is 0 Å². The summed E-state index contributed by atoms with van der Waals surface area (Å²) in [5, 5.41) is 0. The number of rotatable bonds is 1. The average molecular weight is 171 g/mol. The molecule has 0 N–H and O–H groups in total. The number of hydrogen-bond acceptors (Lipinski definition) is 3. The molecule has 2 heterocycles. The van der Waals surface area contributed by atoms with Crippen LogP contribution >= 0.6 is 0 Å². The van der Waals surface area contributed by atoms with E-state index in [1.807, 2.05) is 0 Å². The number of hydrogen-bond donors (Lipinski definition) is 0. The first-order chi connectivity index (χ1) is 5.79. The van der Waals surface area contributed by atoms with E-state index in [0.717, 1.165) is 26.4 Å². The first-order valence-electron chi connectivity index (χ1n) is 4.74. The Morgan fingerprint density at radius 2 is 2.17 bits per heavy atom. The van der Waals surface area contributed by atoms with Crippen LogP contribution < -0.4 is 0 Å². The normalized spacial score (nSPS) is 37.2. The summed E-state index contributed by atoms with van der Waals surface area (Å²) in [7, 11) is 0. The van der Waals surface area contributed by atoms with Crippen molar-refractivity contribution in [3.8, 4) is 0 Å². The van der Waals surface area contributed by atoms with Gasteiger partial charge in [-0.1, -0.05) is 0 Å². The van der Waals surface area contributed by atoms with E-state index in [-0.39, 0.29) is 0 Å². The van der Waals surface area contributed by atoms with Crippen molar-refractivity contribution in [1.82, 2.24) is 4.90 Å². The summed E-state index contributed by atoms with van der Waals surface area (Å²) < 4.78 is 11.0. The molecular weight excluding hydrogens is 154 g/mol. The molecule has 2 fully saturated rings. The Morgan fingerprint density at radius 1 is 1.33 bits per heavy atom. The van der Waals surface area contributed by atoms with E-state index in [0.29, 0.717) is 18.2 Å². The van der Waals surface area contributed by atoms with Crippen molar-refractivity contribution in [3.05, 3.63) is 0 Å². The predicted molar refractivity (Wildman–Crippen MR) is 46.2 cm³/mol.